The maximum Gasteiger partial charge on any atom is 0.181 e. The third-order valence-corrected chi connectivity index (χ3v) is 5.01. The maximum atomic E-state index is 10.9. The van der Waals surface area contributed by atoms with Gasteiger partial charge in [0.1, 0.15) is 9.84 Å². The van der Waals surface area contributed by atoms with Crippen LogP contribution in [0.1, 0.15) is 5.69 Å². The van der Waals surface area contributed by atoms with Gasteiger partial charge >= 0.3 is 0 Å². The van der Waals surface area contributed by atoms with Crippen molar-refractivity contribution < 1.29 is 8.42 Å². The molecular weight excluding hydrogens is 240 g/mol. The van der Waals surface area contributed by atoms with Crippen LogP contribution in [0.15, 0.2) is 4.21 Å². The van der Waals surface area contributed by atoms with Gasteiger partial charge in [0.15, 0.2) is 5.13 Å². The van der Waals surface area contributed by atoms with Crippen molar-refractivity contribution in [3.8, 4) is 0 Å². The van der Waals surface area contributed by atoms with Gasteiger partial charge in [-0.3, -0.25) is 0 Å². The smallest absolute Gasteiger partial charge is 0.181 e. The fraction of sp³-hybridized carbons (Fsp3) is 0.571. The van der Waals surface area contributed by atoms with E-state index in [1.54, 1.807) is 0 Å². The van der Waals surface area contributed by atoms with E-state index in [1.807, 2.05) is 6.92 Å². The second kappa shape index (κ2) is 4.50. The summed E-state index contributed by atoms with van der Waals surface area (Å²) < 4.78 is 22.7. The molecule has 0 bridgehead atoms. The van der Waals surface area contributed by atoms with Crippen molar-refractivity contribution in [2.45, 2.75) is 11.1 Å². The Morgan fingerprint density at radius 1 is 1.57 bits per heavy atom. The third-order valence-electron chi connectivity index (χ3n) is 1.46. The molecule has 0 radical (unpaired) electrons. The fourth-order valence-corrected chi connectivity index (χ4v) is 4.11. The Morgan fingerprint density at radius 2 is 2.21 bits per heavy atom. The molecule has 1 rings (SSSR count). The molecule has 2 N–H and O–H groups in total. The molecule has 80 valence electrons. The van der Waals surface area contributed by atoms with Gasteiger partial charge in [0.25, 0.3) is 0 Å². The predicted octanol–water partition coefficient (Wildman–Crippen LogP) is 1.17. The summed E-state index contributed by atoms with van der Waals surface area (Å²) in [6, 6.07) is 0. The first-order valence-corrected chi connectivity index (χ1v) is 7.78. The summed E-state index contributed by atoms with van der Waals surface area (Å²) in [5, 5.41) is 0.532. The van der Waals surface area contributed by atoms with Gasteiger partial charge in [-0.2, -0.15) is 0 Å². The molecule has 14 heavy (non-hydrogen) atoms. The molecule has 0 aliphatic heterocycles. The fourth-order valence-electron chi connectivity index (χ4n) is 0.822. The van der Waals surface area contributed by atoms with Crippen molar-refractivity contribution in [1.82, 2.24) is 4.98 Å². The van der Waals surface area contributed by atoms with E-state index in [-0.39, 0.29) is 5.75 Å². The molecule has 0 aromatic carbocycles. The van der Waals surface area contributed by atoms with E-state index in [2.05, 4.69) is 4.98 Å². The van der Waals surface area contributed by atoms with Gasteiger partial charge in [0.2, 0.25) is 0 Å². The first-order valence-electron chi connectivity index (χ1n) is 3.92. The summed E-state index contributed by atoms with van der Waals surface area (Å²) in [5.74, 6) is 0.746. The number of aryl methyl sites for hydroxylation is 1. The monoisotopic (exact) mass is 252 g/mol. The summed E-state index contributed by atoms with van der Waals surface area (Å²) in [6.45, 7) is 1.87. The first kappa shape index (κ1) is 11.8. The molecule has 0 spiro atoms. The molecular formula is C7H12N2O2S3. The molecule has 1 aromatic heterocycles. The standard InChI is InChI=1S/C7H12N2O2S3/c1-5-6(13-7(8)9-5)12-3-4-14(2,10)11/h3-4H2,1-2H3,(H2,8,9). The van der Waals surface area contributed by atoms with Crippen LogP contribution in [-0.2, 0) is 9.84 Å². The lowest BCUT2D eigenvalue weighted by atomic mass is 10.6. The Labute approximate surface area is 91.8 Å². The van der Waals surface area contributed by atoms with Crippen molar-refractivity contribution in [3.63, 3.8) is 0 Å². The topological polar surface area (TPSA) is 73.0 Å². The second-order valence-corrected chi connectivity index (χ2v) is 7.56. The zero-order valence-corrected chi connectivity index (χ0v) is 10.4. The average Bonchev–Trinajstić information content (AvgIpc) is 2.27. The molecule has 0 fully saturated rings. The molecule has 0 aliphatic carbocycles. The number of nitrogens with two attached hydrogens (primary N) is 1. The Balaban J connectivity index is 2.50. The Morgan fingerprint density at radius 3 is 2.64 bits per heavy atom. The maximum absolute atomic E-state index is 10.9. The molecule has 0 aliphatic rings. The number of aromatic nitrogens is 1. The zero-order chi connectivity index (χ0) is 10.8. The number of thioether (sulfide) groups is 1. The van der Waals surface area contributed by atoms with E-state index < -0.39 is 9.84 Å². The zero-order valence-electron chi connectivity index (χ0n) is 7.98. The summed E-state index contributed by atoms with van der Waals surface area (Å²) in [7, 11) is -2.87. The van der Waals surface area contributed by atoms with E-state index in [0.717, 1.165) is 9.90 Å². The number of nitrogens with zero attached hydrogens (tertiary/aromatic N) is 1. The molecule has 0 atom stereocenters. The second-order valence-electron chi connectivity index (χ2n) is 2.90. The number of thiazole rings is 1. The lowest BCUT2D eigenvalue weighted by Gasteiger charge is -1.97. The number of rotatable bonds is 4. The van der Waals surface area contributed by atoms with E-state index in [9.17, 15) is 8.42 Å². The van der Waals surface area contributed by atoms with Crippen LogP contribution in [0.5, 0.6) is 0 Å². The average molecular weight is 252 g/mol. The van der Waals surface area contributed by atoms with Gasteiger partial charge in [0, 0.05) is 12.0 Å². The van der Waals surface area contributed by atoms with Crippen molar-refractivity contribution >= 4 is 38.1 Å². The highest BCUT2D eigenvalue weighted by molar-refractivity contribution is 8.02. The molecule has 7 heteroatoms. The molecule has 0 saturated carbocycles. The van der Waals surface area contributed by atoms with E-state index in [1.165, 1.54) is 29.4 Å². The summed E-state index contributed by atoms with van der Waals surface area (Å²) in [6.07, 6.45) is 1.24. The summed E-state index contributed by atoms with van der Waals surface area (Å²) in [5.41, 5.74) is 6.39. The molecule has 0 saturated heterocycles. The number of anilines is 1. The van der Waals surface area contributed by atoms with Gasteiger partial charge in [-0.25, -0.2) is 13.4 Å². The molecule has 4 nitrogen and oxygen atoms in total. The van der Waals surface area contributed by atoms with Crippen LogP contribution in [-0.4, -0.2) is 31.2 Å². The Bertz CT molecular complexity index is 411. The van der Waals surface area contributed by atoms with E-state index >= 15 is 0 Å². The molecule has 0 unspecified atom stereocenters. The highest BCUT2D eigenvalue weighted by atomic mass is 32.2. The lowest BCUT2D eigenvalue weighted by molar-refractivity contribution is 0.603. The van der Waals surface area contributed by atoms with Gasteiger partial charge < -0.3 is 5.73 Å². The van der Waals surface area contributed by atoms with Crippen LogP contribution in [0.2, 0.25) is 0 Å². The van der Waals surface area contributed by atoms with Gasteiger partial charge in [-0.05, 0) is 6.92 Å². The highest BCUT2D eigenvalue weighted by Gasteiger charge is 2.07. The van der Waals surface area contributed by atoms with Crippen LogP contribution in [0.4, 0.5) is 5.13 Å². The quantitative estimate of drug-likeness (QED) is 0.814. The van der Waals surface area contributed by atoms with Crippen molar-refractivity contribution in [2.24, 2.45) is 0 Å². The van der Waals surface area contributed by atoms with Crippen LogP contribution >= 0.6 is 23.1 Å². The molecule has 1 heterocycles. The molecule has 1 aromatic rings. The number of nitrogen functional groups attached to an aromatic ring is 1. The number of hydrogen-bond donors (Lipinski definition) is 1. The normalized spacial score (nSPS) is 11.9. The van der Waals surface area contributed by atoms with Crippen molar-refractivity contribution in [2.75, 3.05) is 23.5 Å². The van der Waals surface area contributed by atoms with Crippen LogP contribution < -0.4 is 5.73 Å². The van der Waals surface area contributed by atoms with E-state index in [0.29, 0.717) is 10.9 Å². The van der Waals surface area contributed by atoms with Crippen molar-refractivity contribution in [1.29, 1.82) is 0 Å². The minimum atomic E-state index is -2.87. The van der Waals surface area contributed by atoms with Gasteiger partial charge in [0.05, 0.1) is 15.7 Å². The minimum Gasteiger partial charge on any atom is -0.375 e. The first-order chi connectivity index (χ1) is 6.38. The predicted molar refractivity (Wildman–Crippen MR) is 61.7 cm³/mol. The SMILES string of the molecule is Cc1nc(N)sc1SCCS(C)(=O)=O. The number of sulfone groups is 1. The van der Waals surface area contributed by atoms with Crippen LogP contribution in [0.25, 0.3) is 0 Å². The van der Waals surface area contributed by atoms with Crippen molar-refractivity contribution in [3.05, 3.63) is 5.69 Å². The van der Waals surface area contributed by atoms with Crippen LogP contribution in [0.3, 0.4) is 0 Å². The van der Waals surface area contributed by atoms with Gasteiger partial charge in [-0.1, -0.05) is 11.3 Å². The lowest BCUT2D eigenvalue weighted by Crippen LogP contribution is -2.04. The molecule has 0 amide bonds. The summed E-state index contributed by atoms with van der Waals surface area (Å²) >= 11 is 2.89. The minimum absolute atomic E-state index is 0.189. The van der Waals surface area contributed by atoms with Crippen LogP contribution in [0, 0.1) is 6.92 Å². The van der Waals surface area contributed by atoms with Gasteiger partial charge in [-0.15, -0.1) is 11.8 Å². The highest BCUT2D eigenvalue weighted by Crippen LogP contribution is 2.30. The van der Waals surface area contributed by atoms with E-state index in [4.69, 9.17) is 5.73 Å². The Hall–Kier alpha value is -0.270. The Kier molecular flexibility index (Phi) is 3.79. The number of hydrogen-bond acceptors (Lipinski definition) is 6. The third kappa shape index (κ3) is 3.85. The summed E-state index contributed by atoms with van der Waals surface area (Å²) in [4.78, 5) is 4.05. The largest absolute Gasteiger partial charge is 0.375 e.